The molecule has 3 aromatic heterocycles. The Kier molecular flexibility index (Phi) is 6.92. The number of nitrogens with zero attached hydrogens (tertiary/aromatic N) is 7. The van der Waals surface area contributed by atoms with Crippen molar-refractivity contribution in [2.75, 3.05) is 32.2 Å². The van der Waals surface area contributed by atoms with E-state index in [0.29, 0.717) is 53.3 Å². The molecule has 2 atom stereocenters. The molecule has 1 N–H and O–H groups in total. The highest BCUT2D eigenvalue weighted by molar-refractivity contribution is 8.01. The van der Waals surface area contributed by atoms with Crippen LogP contribution in [0.15, 0.2) is 18.7 Å². The summed E-state index contributed by atoms with van der Waals surface area (Å²) in [6.07, 6.45) is 4.58. The maximum absolute atomic E-state index is 5.91. The second-order valence-corrected chi connectivity index (χ2v) is 8.79. The highest BCUT2D eigenvalue weighted by atomic mass is 35.5. The molecule has 4 heterocycles. The highest BCUT2D eigenvalue weighted by Crippen LogP contribution is 2.36. The van der Waals surface area contributed by atoms with Gasteiger partial charge in [-0.05, 0) is 11.9 Å². The minimum atomic E-state index is 0.0600. The van der Waals surface area contributed by atoms with Gasteiger partial charge in [-0.15, -0.1) is 10.2 Å². The van der Waals surface area contributed by atoms with Gasteiger partial charge >= 0.3 is 0 Å². The molecule has 13 heteroatoms. The molecule has 4 rings (SSSR count). The van der Waals surface area contributed by atoms with Crippen LogP contribution in [0.4, 0.5) is 5.95 Å². The molecule has 0 saturated carbocycles. The molecule has 0 spiro atoms. The molecule has 0 radical (unpaired) electrons. The fraction of sp³-hybridized carbons (Fsp3) is 0.474. The second kappa shape index (κ2) is 9.84. The molecule has 0 aliphatic carbocycles. The summed E-state index contributed by atoms with van der Waals surface area (Å²) in [5, 5.41) is 9.39. The first-order valence-electron chi connectivity index (χ1n) is 9.89. The summed E-state index contributed by atoms with van der Waals surface area (Å²) in [5.41, 5.74) is 0.522. The van der Waals surface area contributed by atoms with Crippen molar-refractivity contribution in [3.05, 3.63) is 35.4 Å². The minimum Gasteiger partial charge on any atom is -0.479 e. The van der Waals surface area contributed by atoms with Crippen LogP contribution in [-0.2, 0) is 4.74 Å². The molecule has 1 aliphatic rings. The molecular weight excluding hydrogens is 456 g/mol. The quantitative estimate of drug-likeness (QED) is 0.456. The number of rotatable bonds is 9. The maximum atomic E-state index is 5.91. The predicted molar refractivity (Wildman–Crippen MR) is 120 cm³/mol. The number of methoxy groups -OCH3 is 2. The lowest BCUT2D eigenvalue weighted by Crippen LogP contribution is -2.28. The molecule has 0 aromatic carbocycles. The molecular formula is C19H23ClN8O3S. The van der Waals surface area contributed by atoms with Gasteiger partial charge in [-0.3, -0.25) is 9.29 Å². The van der Waals surface area contributed by atoms with Gasteiger partial charge in [-0.1, -0.05) is 25.4 Å². The fourth-order valence-electron chi connectivity index (χ4n) is 3.08. The fourth-order valence-corrected chi connectivity index (χ4v) is 3.93. The van der Waals surface area contributed by atoms with Crippen molar-refractivity contribution in [1.82, 2.24) is 34.7 Å². The summed E-state index contributed by atoms with van der Waals surface area (Å²) >= 11 is 7.39. The van der Waals surface area contributed by atoms with Crippen molar-refractivity contribution in [2.45, 2.75) is 30.9 Å². The topological polar surface area (TPSA) is 122 Å². The molecule has 1 aliphatic heterocycles. The van der Waals surface area contributed by atoms with Crippen LogP contribution in [0, 0.1) is 0 Å². The van der Waals surface area contributed by atoms with Gasteiger partial charge < -0.3 is 14.2 Å². The molecule has 0 amide bonds. The first-order valence-corrected chi connectivity index (χ1v) is 11.1. The number of nitrogens with one attached hydrogen (secondary N) is 1. The van der Waals surface area contributed by atoms with Gasteiger partial charge in [-0.2, -0.15) is 9.97 Å². The maximum Gasteiger partial charge on any atom is 0.245 e. The second-order valence-electron chi connectivity index (χ2n) is 7.17. The lowest BCUT2D eigenvalue weighted by atomic mass is 10.1. The van der Waals surface area contributed by atoms with Crippen LogP contribution in [-0.4, -0.2) is 67.4 Å². The largest absolute Gasteiger partial charge is 0.479 e. The van der Waals surface area contributed by atoms with Gasteiger partial charge in [0.05, 0.1) is 38.4 Å². The van der Waals surface area contributed by atoms with Crippen molar-refractivity contribution in [3.63, 3.8) is 0 Å². The van der Waals surface area contributed by atoms with E-state index in [-0.39, 0.29) is 17.1 Å². The van der Waals surface area contributed by atoms with Gasteiger partial charge in [0, 0.05) is 23.6 Å². The molecule has 32 heavy (non-hydrogen) atoms. The molecule has 1 saturated heterocycles. The monoisotopic (exact) mass is 478 g/mol. The van der Waals surface area contributed by atoms with E-state index in [1.807, 2.05) is 4.57 Å². The Labute approximate surface area is 194 Å². The minimum absolute atomic E-state index is 0.0600. The van der Waals surface area contributed by atoms with Gasteiger partial charge in [0.15, 0.2) is 5.69 Å². The Bertz CT molecular complexity index is 1040. The number of anilines is 1. The molecule has 0 bridgehead atoms. The standard InChI is InChI=1S/C19H23ClN8O3S/c1-10(15-21-5-13(20)6-22-15)11(2)32-27-19-26-25-16(12-7-31-8-12)28(19)14-17(29-3)23-9-24-18(14)30-4/h5-6,9-12H,7-8H2,1-4H3,(H,26,27). The van der Waals surface area contributed by atoms with E-state index in [9.17, 15) is 0 Å². The average Bonchev–Trinajstić information content (AvgIpc) is 3.18. The van der Waals surface area contributed by atoms with Crippen LogP contribution < -0.4 is 14.2 Å². The molecule has 11 nitrogen and oxygen atoms in total. The normalized spacial score (nSPS) is 15.7. The number of ether oxygens (including phenoxy) is 3. The van der Waals surface area contributed by atoms with Crippen LogP contribution in [0.2, 0.25) is 5.02 Å². The van der Waals surface area contributed by atoms with Crippen molar-refractivity contribution in [1.29, 1.82) is 0 Å². The van der Waals surface area contributed by atoms with Crippen LogP contribution in [0.5, 0.6) is 11.8 Å². The van der Waals surface area contributed by atoms with E-state index in [4.69, 9.17) is 25.8 Å². The van der Waals surface area contributed by atoms with Crippen molar-refractivity contribution in [3.8, 4) is 17.4 Å². The number of hydrogen-bond donors (Lipinski definition) is 1. The Hall–Kier alpha value is -2.70. The van der Waals surface area contributed by atoms with Crippen molar-refractivity contribution >= 4 is 29.5 Å². The zero-order valence-corrected chi connectivity index (χ0v) is 19.6. The number of halogens is 1. The molecule has 1 fully saturated rings. The average molecular weight is 479 g/mol. The van der Waals surface area contributed by atoms with Gasteiger partial charge in [0.1, 0.15) is 18.0 Å². The lowest BCUT2D eigenvalue weighted by Gasteiger charge is -2.26. The third-order valence-corrected chi connectivity index (χ3v) is 6.42. The van der Waals surface area contributed by atoms with Crippen molar-refractivity contribution in [2.24, 2.45) is 0 Å². The van der Waals surface area contributed by atoms with E-state index >= 15 is 0 Å². The first-order chi connectivity index (χ1) is 15.5. The predicted octanol–water partition coefficient (Wildman–Crippen LogP) is 2.88. The molecule has 2 unspecified atom stereocenters. The highest BCUT2D eigenvalue weighted by Gasteiger charge is 2.32. The van der Waals surface area contributed by atoms with E-state index in [0.717, 1.165) is 0 Å². The zero-order chi connectivity index (χ0) is 22.7. The molecule has 170 valence electrons. The van der Waals surface area contributed by atoms with Crippen LogP contribution in [0.1, 0.15) is 37.3 Å². The first kappa shape index (κ1) is 22.5. The number of aromatic nitrogens is 7. The SMILES string of the molecule is COc1ncnc(OC)c1-n1c(NSC(C)C(C)c2ncc(Cl)cn2)nnc1C1COC1. The van der Waals surface area contributed by atoms with Crippen molar-refractivity contribution < 1.29 is 14.2 Å². The lowest BCUT2D eigenvalue weighted by molar-refractivity contribution is 0.00414. The van der Waals surface area contributed by atoms with E-state index in [2.05, 4.69) is 48.7 Å². The molecule has 3 aromatic rings. The Balaban J connectivity index is 1.63. The summed E-state index contributed by atoms with van der Waals surface area (Å²) < 4.78 is 21.5. The summed E-state index contributed by atoms with van der Waals surface area (Å²) in [5.74, 6) is 2.78. The summed E-state index contributed by atoms with van der Waals surface area (Å²) in [6.45, 7) is 5.26. The van der Waals surface area contributed by atoms with Gasteiger partial charge in [0.2, 0.25) is 17.7 Å². The van der Waals surface area contributed by atoms with E-state index in [1.165, 1.54) is 18.3 Å². The Morgan fingerprint density at radius 2 is 1.75 bits per heavy atom. The number of hydrogen-bond acceptors (Lipinski definition) is 11. The summed E-state index contributed by atoms with van der Waals surface area (Å²) in [6, 6.07) is 0. The van der Waals surface area contributed by atoms with E-state index in [1.54, 1.807) is 26.6 Å². The van der Waals surface area contributed by atoms with Gasteiger partial charge in [-0.25, -0.2) is 9.97 Å². The Morgan fingerprint density at radius 1 is 1.09 bits per heavy atom. The van der Waals surface area contributed by atoms with E-state index < -0.39 is 0 Å². The van der Waals surface area contributed by atoms with Gasteiger partial charge in [0.25, 0.3) is 0 Å². The smallest absolute Gasteiger partial charge is 0.245 e. The summed E-state index contributed by atoms with van der Waals surface area (Å²) in [4.78, 5) is 17.1. The summed E-state index contributed by atoms with van der Waals surface area (Å²) in [7, 11) is 3.08. The van der Waals surface area contributed by atoms with Crippen LogP contribution >= 0.6 is 23.5 Å². The zero-order valence-electron chi connectivity index (χ0n) is 18.0. The van der Waals surface area contributed by atoms with Crippen LogP contribution in [0.25, 0.3) is 5.69 Å². The Morgan fingerprint density at radius 3 is 2.31 bits per heavy atom. The third kappa shape index (κ3) is 4.43. The van der Waals surface area contributed by atoms with Crippen LogP contribution in [0.3, 0.4) is 0 Å². The third-order valence-electron chi connectivity index (χ3n) is 5.14.